The van der Waals surface area contributed by atoms with Crippen LogP contribution in [0.3, 0.4) is 0 Å². The van der Waals surface area contributed by atoms with Gasteiger partial charge in [-0.15, -0.1) is 22.7 Å². The number of ether oxygens (including phenoxy) is 2. The molecule has 0 aliphatic rings. The van der Waals surface area contributed by atoms with Crippen molar-refractivity contribution >= 4 is 28.6 Å². The van der Waals surface area contributed by atoms with E-state index in [-0.39, 0.29) is 5.91 Å². The van der Waals surface area contributed by atoms with E-state index in [9.17, 15) is 4.79 Å². The molecular weight excluding hydrogens is 394 g/mol. The third kappa shape index (κ3) is 5.77. The van der Waals surface area contributed by atoms with Gasteiger partial charge in [-0.1, -0.05) is 0 Å². The van der Waals surface area contributed by atoms with Crippen molar-refractivity contribution in [3.8, 4) is 11.5 Å². The lowest BCUT2D eigenvalue weighted by Gasteiger charge is -2.12. The fourth-order valence-electron chi connectivity index (χ4n) is 2.61. The summed E-state index contributed by atoms with van der Waals surface area (Å²) in [4.78, 5) is 21.0. The minimum Gasteiger partial charge on any atom is -0.493 e. The molecule has 0 unspecified atom stereocenters. The number of rotatable bonds is 10. The summed E-state index contributed by atoms with van der Waals surface area (Å²) in [6, 6.07) is 5.20. The number of thiazole rings is 2. The minimum absolute atomic E-state index is 0.116. The second-order valence-corrected chi connectivity index (χ2v) is 7.89. The summed E-state index contributed by atoms with van der Waals surface area (Å²) in [6.45, 7) is 3.00. The lowest BCUT2D eigenvalue weighted by molar-refractivity contribution is 0.0952. The van der Waals surface area contributed by atoms with Crippen molar-refractivity contribution < 1.29 is 14.3 Å². The quantitative estimate of drug-likeness (QED) is 0.499. The number of carbonyl (C=O) groups excluding carboxylic acids is 1. The first-order valence-electron chi connectivity index (χ1n) is 9.03. The molecule has 0 atom stereocenters. The zero-order valence-corrected chi connectivity index (χ0v) is 17.6. The molecule has 148 valence electrons. The number of unbranched alkanes of at least 4 members (excludes halogenated alkanes) is 1. The summed E-state index contributed by atoms with van der Waals surface area (Å²) < 4.78 is 11.1. The van der Waals surface area contributed by atoms with Gasteiger partial charge in [-0.25, -0.2) is 9.97 Å². The Kier molecular flexibility index (Phi) is 7.39. The van der Waals surface area contributed by atoms with E-state index in [0.29, 0.717) is 30.2 Å². The lowest BCUT2D eigenvalue weighted by Crippen LogP contribution is -2.24. The van der Waals surface area contributed by atoms with Crippen molar-refractivity contribution in [2.75, 3.05) is 13.7 Å². The van der Waals surface area contributed by atoms with E-state index < -0.39 is 0 Å². The SMILES string of the molecule is COc1cc(C(=O)NCCCCc2nc(C)cs2)ccc1OCc1cscn1. The molecule has 3 aromatic rings. The van der Waals surface area contributed by atoms with Crippen molar-refractivity contribution in [3.05, 3.63) is 56.4 Å². The van der Waals surface area contributed by atoms with Gasteiger partial charge in [0.15, 0.2) is 11.5 Å². The topological polar surface area (TPSA) is 73.3 Å². The van der Waals surface area contributed by atoms with Crippen molar-refractivity contribution in [2.45, 2.75) is 32.8 Å². The van der Waals surface area contributed by atoms with Gasteiger partial charge in [0.05, 0.1) is 23.3 Å². The van der Waals surface area contributed by atoms with E-state index in [0.717, 1.165) is 35.7 Å². The number of aromatic nitrogens is 2. The Hall–Kier alpha value is -2.45. The van der Waals surface area contributed by atoms with Crippen LogP contribution in [0.5, 0.6) is 11.5 Å². The molecular formula is C20H23N3O3S2. The zero-order valence-electron chi connectivity index (χ0n) is 15.9. The third-order valence-corrected chi connectivity index (χ3v) is 5.72. The number of aryl methyl sites for hydroxylation is 2. The van der Waals surface area contributed by atoms with Gasteiger partial charge in [-0.2, -0.15) is 0 Å². The van der Waals surface area contributed by atoms with E-state index in [4.69, 9.17) is 9.47 Å². The van der Waals surface area contributed by atoms with E-state index in [2.05, 4.69) is 20.7 Å². The number of nitrogens with one attached hydrogen (secondary N) is 1. The van der Waals surface area contributed by atoms with Gasteiger partial charge >= 0.3 is 0 Å². The fourth-order valence-corrected chi connectivity index (χ4v) is 3.97. The predicted molar refractivity (Wildman–Crippen MR) is 112 cm³/mol. The van der Waals surface area contributed by atoms with Gasteiger partial charge in [-0.05, 0) is 44.4 Å². The molecule has 0 bridgehead atoms. The van der Waals surface area contributed by atoms with Crippen LogP contribution in [0, 0.1) is 6.92 Å². The molecule has 2 heterocycles. The second-order valence-electron chi connectivity index (χ2n) is 6.23. The molecule has 28 heavy (non-hydrogen) atoms. The number of hydrogen-bond acceptors (Lipinski definition) is 7. The van der Waals surface area contributed by atoms with Gasteiger partial charge in [0.2, 0.25) is 0 Å². The van der Waals surface area contributed by atoms with Gasteiger partial charge < -0.3 is 14.8 Å². The number of hydrogen-bond donors (Lipinski definition) is 1. The highest BCUT2D eigenvalue weighted by Gasteiger charge is 2.11. The van der Waals surface area contributed by atoms with E-state index >= 15 is 0 Å². The van der Waals surface area contributed by atoms with E-state index in [1.165, 1.54) is 11.3 Å². The number of methoxy groups -OCH3 is 1. The molecule has 0 aliphatic carbocycles. The molecule has 8 heteroatoms. The largest absolute Gasteiger partial charge is 0.493 e. The molecule has 0 aliphatic heterocycles. The summed E-state index contributed by atoms with van der Waals surface area (Å²) in [6.07, 6.45) is 2.86. The molecule has 0 saturated carbocycles. The summed E-state index contributed by atoms with van der Waals surface area (Å²) in [7, 11) is 1.56. The molecule has 0 radical (unpaired) electrons. The Morgan fingerprint density at radius 2 is 2.11 bits per heavy atom. The Bertz CT molecular complexity index is 894. The molecule has 1 N–H and O–H groups in total. The molecule has 1 amide bonds. The highest BCUT2D eigenvalue weighted by atomic mass is 32.1. The average molecular weight is 418 g/mol. The maximum atomic E-state index is 12.4. The maximum Gasteiger partial charge on any atom is 0.251 e. The third-order valence-electron chi connectivity index (χ3n) is 4.05. The Labute approximate surface area is 172 Å². The van der Waals surface area contributed by atoms with Crippen LogP contribution in [-0.4, -0.2) is 29.5 Å². The van der Waals surface area contributed by atoms with Gasteiger partial charge in [0.1, 0.15) is 6.61 Å². The van der Waals surface area contributed by atoms with Crippen molar-refractivity contribution in [1.82, 2.24) is 15.3 Å². The van der Waals surface area contributed by atoms with Crippen LogP contribution in [0.15, 0.2) is 34.5 Å². The van der Waals surface area contributed by atoms with Crippen LogP contribution >= 0.6 is 22.7 Å². The Balaban J connectivity index is 1.46. The summed E-state index contributed by atoms with van der Waals surface area (Å²) in [5, 5.41) is 8.11. The molecule has 6 nitrogen and oxygen atoms in total. The fraction of sp³-hybridized carbons (Fsp3) is 0.350. The average Bonchev–Trinajstić information content (AvgIpc) is 3.37. The first-order chi connectivity index (χ1) is 13.7. The number of carbonyl (C=O) groups is 1. The first kappa shape index (κ1) is 20.3. The van der Waals surface area contributed by atoms with Crippen LogP contribution in [0.2, 0.25) is 0 Å². The van der Waals surface area contributed by atoms with E-state index in [1.54, 1.807) is 42.2 Å². The number of benzene rings is 1. The molecule has 1 aromatic carbocycles. The monoisotopic (exact) mass is 417 g/mol. The van der Waals surface area contributed by atoms with Crippen molar-refractivity contribution in [2.24, 2.45) is 0 Å². The van der Waals surface area contributed by atoms with E-state index in [1.807, 2.05) is 12.3 Å². The predicted octanol–water partition coefficient (Wildman–Crippen LogP) is 4.25. The number of nitrogens with zero attached hydrogens (tertiary/aromatic N) is 2. The van der Waals surface area contributed by atoms with Crippen molar-refractivity contribution in [3.63, 3.8) is 0 Å². The van der Waals surface area contributed by atoms with Crippen LogP contribution in [0.1, 0.15) is 39.6 Å². The zero-order chi connectivity index (χ0) is 19.8. The van der Waals surface area contributed by atoms with Gasteiger partial charge in [0, 0.05) is 28.6 Å². The molecule has 2 aromatic heterocycles. The summed E-state index contributed by atoms with van der Waals surface area (Å²) >= 11 is 3.22. The van der Waals surface area contributed by atoms with Gasteiger partial charge in [0.25, 0.3) is 5.91 Å². The molecule has 0 spiro atoms. The standard InChI is InChI=1S/C20H23N3O3S2/c1-14-11-28-19(23-14)5-3-4-8-21-20(24)15-6-7-17(18(9-15)25-2)26-10-16-12-27-13-22-16/h6-7,9,11-13H,3-5,8,10H2,1-2H3,(H,21,24). The highest BCUT2D eigenvalue weighted by Crippen LogP contribution is 2.28. The maximum absolute atomic E-state index is 12.4. The van der Waals surface area contributed by atoms with Crippen molar-refractivity contribution in [1.29, 1.82) is 0 Å². The van der Waals surface area contributed by atoms with Gasteiger partial charge in [-0.3, -0.25) is 4.79 Å². The van der Waals surface area contributed by atoms with Crippen LogP contribution < -0.4 is 14.8 Å². The van der Waals surface area contributed by atoms with Crippen LogP contribution in [-0.2, 0) is 13.0 Å². The van der Waals surface area contributed by atoms with Crippen LogP contribution in [0.4, 0.5) is 0 Å². The lowest BCUT2D eigenvalue weighted by atomic mass is 10.1. The highest BCUT2D eigenvalue weighted by molar-refractivity contribution is 7.09. The minimum atomic E-state index is -0.116. The first-order valence-corrected chi connectivity index (χ1v) is 10.8. The number of amides is 1. The Morgan fingerprint density at radius 3 is 2.82 bits per heavy atom. The second kappa shape index (κ2) is 10.2. The normalized spacial score (nSPS) is 10.6. The molecule has 0 saturated heterocycles. The summed E-state index contributed by atoms with van der Waals surface area (Å²) in [5.74, 6) is 1.00. The summed E-state index contributed by atoms with van der Waals surface area (Å²) in [5.41, 5.74) is 4.25. The smallest absolute Gasteiger partial charge is 0.251 e. The van der Waals surface area contributed by atoms with Crippen LogP contribution in [0.25, 0.3) is 0 Å². The molecule has 0 fully saturated rings. The molecule has 3 rings (SSSR count). The Morgan fingerprint density at radius 1 is 1.21 bits per heavy atom.